The molecule has 0 aromatic heterocycles. The number of carbonyl (C=O) groups excluding carboxylic acids is 2. The van der Waals surface area contributed by atoms with Gasteiger partial charge in [0.05, 0.1) is 13.2 Å². The van der Waals surface area contributed by atoms with E-state index < -0.39 is 5.79 Å². The minimum absolute atomic E-state index is 0.00307. The Morgan fingerprint density at radius 3 is 2.00 bits per heavy atom. The lowest BCUT2D eigenvalue weighted by Gasteiger charge is -2.38. The Kier molecular flexibility index (Phi) is 4.68. The van der Waals surface area contributed by atoms with Crippen molar-refractivity contribution in [1.82, 2.24) is 9.80 Å². The molecule has 0 bridgehead atoms. The van der Waals surface area contributed by atoms with Gasteiger partial charge in [-0.2, -0.15) is 0 Å². The largest absolute Gasteiger partial charge is 0.347 e. The van der Waals surface area contributed by atoms with Gasteiger partial charge in [-0.3, -0.25) is 9.59 Å². The minimum atomic E-state index is -0.468. The third-order valence-electron chi connectivity index (χ3n) is 5.13. The van der Waals surface area contributed by atoms with Crippen molar-refractivity contribution in [1.29, 1.82) is 0 Å². The predicted octanol–water partition coefficient (Wildman–Crippen LogP) is 1.00. The Bertz CT molecular complexity index is 416. The molecule has 22 heavy (non-hydrogen) atoms. The molecule has 2 amide bonds. The summed E-state index contributed by atoms with van der Waals surface area (Å²) in [6, 6.07) is 0. The Morgan fingerprint density at radius 1 is 0.955 bits per heavy atom. The molecule has 0 N–H and O–H groups in total. The lowest BCUT2D eigenvalue weighted by atomic mass is 9.99. The Hall–Kier alpha value is -1.14. The molecule has 3 heterocycles. The monoisotopic (exact) mass is 310 g/mol. The van der Waals surface area contributed by atoms with Gasteiger partial charge < -0.3 is 19.3 Å². The topological polar surface area (TPSA) is 59.1 Å². The van der Waals surface area contributed by atoms with E-state index in [1.807, 2.05) is 4.90 Å². The number of likely N-dealkylation sites (tertiary alicyclic amines) is 2. The van der Waals surface area contributed by atoms with Gasteiger partial charge in [0.25, 0.3) is 0 Å². The average molecular weight is 310 g/mol. The summed E-state index contributed by atoms with van der Waals surface area (Å²) in [5, 5.41) is 0. The van der Waals surface area contributed by atoms with Gasteiger partial charge in [-0.05, 0) is 18.8 Å². The summed E-state index contributed by atoms with van der Waals surface area (Å²) in [5.41, 5.74) is 0. The predicted molar refractivity (Wildman–Crippen MR) is 80.0 cm³/mol. The van der Waals surface area contributed by atoms with E-state index in [1.54, 1.807) is 4.90 Å². The van der Waals surface area contributed by atoms with Crippen molar-refractivity contribution in [2.24, 2.45) is 5.92 Å². The molecule has 124 valence electrons. The quantitative estimate of drug-likeness (QED) is 0.714. The molecule has 6 nitrogen and oxygen atoms in total. The van der Waals surface area contributed by atoms with Crippen LogP contribution in [-0.2, 0) is 19.1 Å². The maximum atomic E-state index is 12.3. The highest BCUT2D eigenvalue weighted by atomic mass is 16.7. The van der Waals surface area contributed by atoms with Crippen LogP contribution in [-0.4, -0.2) is 66.8 Å². The van der Waals surface area contributed by atoms with Gasteiger partial charge in [-0.1, -0.05) is 6.92 Å². The molecule has 3 fully saturated rings. The van der Waals surface area contributed by atoms with Crippen molar-refractivity contribution in [2.75, 3.05) is 39.4 Å². The van der Waals surface area contributed by atoms with Crippen LogP contribution in [0.25, 0.3) is 0 Å². The first kappa shape index (κ1) is 15.7. The van der Waals surface area contributed by atoms with Crippen molar-refractivity contribution < 1.29 is 19.1 Å². The summed E-state index contributed by atoms with van der Waals surface area (Å²) in [6.07, 6.45) is 3.49. The van der Waals surface area contributed by atoms with Crippen LogP contribution in [0.15, 0.2) is 0 Å². The van der Waals surface area contributed by atoms with Crippen molar-refractivity contribution >= 4 is 11.8 Å². The number of piperidine rings is 2. The van der Waals surface area contributed by atoms with E-state index in [4.69, 9.17) is 9.47 Å². The van der Waals surface area contributed by atoms with Gasteiger partial charge in [0.15, 0.2) is 5.79 Å². The highest BCUT2D eigenvalue weighted by Crippen LogP contribution is 2.31. The molecular formula is C16H26N2O4. The minimum Gasteiger partial charge on any atom is -0.347 e. The highest BCUT2D eigenvalue weighted by molar-refractivity contribution is 5.97. The maximum Gasteiger partial charge on any atom is 0.232 e. The number of nitrogens with zero attached hydrogens (tertiary/aromatic N) is 2. The normalized spacial score (nSPS) is 25.7. The lowest BCUT2D eigenvalue weighted by Crippen LogP contribution is -2.48. The average Bonchev–Trinajstić information content (AvgIpc) is 2.96. The number of carbonyl (C=O) groups is 2. The molecule has 3 aliphatic rings. The smallest absolute Gasteiger partial charge is 0.232 e. The van der Waals surface area contributed by atoms with Crippen LogP contribution in [0.4, 0.5) is 0 Å². The first-order valence-electron chi connectivity index (χ1n) is 8.41. The molecule has 3 rings (SSSR count). The third kappa shape index (κ3) is 3.43. The summed E-state index contributed by atoms with van der Waals surface area (Å²) < 4.78 is 11.3. The molecular weight excluding hydrogens is 284 g/mol. The number of hydrogen-bond acceptors (Lipinski definition) is 4. The number of amides is 2. The molecule has 6 heteroatoms. The molecule has 0 aromatic rings. The highest BCUT2D eigenvalue weighted by Gasteiger charge is 2.41. The maximum absolute atomic E-state index is 12.3. The molecule has 0 radical (unpaired) electrons. The van der Waals surface area contributed by atoms with Gasteiger partial charge in [0, 0.05) is 39.0 Å². The molecule has 0 atom stereocenters. The number of rotatable bonds is 2. The Morgan fingerprint density at radius 2 is 1.45 bits per heavy atom. The van der Waals surface area contributed by atoms with Crippen LogP contribution in [0.2, 0.25) is 0 Å². The Labute approximate surface area is 131 Å². The van der Waals surface area contributed by atoms with Crippen molar-refractivity contribution in [3.63, 3.8) is 0 Å². The second-order valence-electron chi connectivity index (χ2n) is 6.73. The molecule has 0 saturated carbocycles. The van der Waals surface area contributed by atoms with Crippen LogP contribution >= 0.6 is 0 Å². The van der Waals surface area contributed by atoms with E-state index in [0.717, 1.165) is 25.9 Å². The second-order valence-corrected chi connectivity index (χ2v) is 6.73. The van der Waals surface area contributed by atoms with Crippen LogP contribution in [0.5, 0.6) is 0 Å². The van der Waals surface area contributed by atoms with Gasteiger partial charge >= 0.3 is 0 Å². The van der Waals surface area contributed by atoms with E-state index in [0.29, 0.717) is 45.1 Å². The zero-order chi connectivity index (χ0) is 15.6. The van der Waals surface area contributed by atoms with Crippen molar-refractivity contribution in [3.05, 3.63) is 0 Å². The summed E-state index contributed by atoms with van der Waals surface area (Å²) in [5.74, 6) is 0.135. The summed E-state index contributed by atoms with van der Waals surface area (Å²) in [4.78, 5) is 28.2. The number of hydrogen-bond donors (Lipinski definition) is 0. The fourth-order valence-electron chi connectivity index (χ4n) is 3.49. The third-order valence-corrected chi connectivity index (χ3v) is 5.13. The van der Waals surface area contributed by atoms with E-state index in [1.165, 1.54) is 0 Å². The zero-order valence-corrected chi connectivity index (χ0v) is 13.4. The van der Waals surface area contributed by atoms with E-state index in [9.17, 15) is 9.59 Å². The summed E-state index contributed by atoms with van der Waals surface area (Å²) in [6.45, 7) is 6.30. The summed E-state index contributed by atoms with van der Waals surface area (Å²) >= 11 is 0. The lowest BCUT2D eigenvalue weighted by molar-refractivity contribution is -0.187. The number of ether oxygens (including phenoxy) is 2. The van der Waals surface area contributed by atoms with Gasteiger partial charge in [0.1, 0.15) is 6.42 Å². The van der Waals surface area contributed by atoms with Gasteiger partial charge in [-0.15, -0.1) is 0 Å². The van der Waals surface area contributed by atoms with E-state index >= 15 is 0 Å². The van der Waals surface area contributed by atoms with Crippen molar-refractivity contribution in [2.45, 2.75) is 44.8 Å². The molecule has 0 aromatic carbocycles. The van der Waals surface area contributed by atoms with Crippen molar-refractivity contribution in [3.8, 4) is 0 Å². The first-order chi connectivity index (χ1) is 10.6. The second kappa shape index (κ2) is 6.54. The molecule has 0 unspecified atom stereocenters. The van der Waals surface area contributed by atoms with Gasteiger partial charge in [-0.25, -0.2) is 0 Å². The molecule has 3 saturated heterocycles. The molecule has 1 spiro atoms. The van der Waals surface area contributed by atoms with Crippen LogP contribution in [0.3, 0.4) is 0 Å². The first-order valence-corrected chi connectivity index (χ1v) is 8.41. The summed E-state index contributed by atoms with van der Waals surface area (Å²) in [7, 11) is 0. The van der Waals surface area contributed by atoms with Crippen LogP contribution < -0.4 is 0 Å². The van der Waals surface area contributed by atoms with Gasteiger partial charge in [0.2, 0.25) is 11.8 Å². The van der Waals surface area contributed by atoms with E-state index in [-0.39, 0.29) is 18.2 Å². The Balaban J connectivity index is 1.45. The molecule has 3 aliphatic heterocycles. The zero-order valence-electron chi connectivity index (χ0n) is 13.4. The standard InChI is InChI=1S/C16H26N2O4/c1-13-2-6-17(7-3-13)14(19)12-15(20)18-8-4-16(5-9-18)21-10-11-22-16/h13H,2-12H2,1H3. The fraction of sp³-hybridized carbons (Fsp3) is 0.875. The SMILES string of the molecule is CC1CCN(C(=O)CC(=O)N2CCC3(CC2)OCCO3)CC1. The van der Waals surface area contributed by atoms with Crippen LogP contribution in [0, 0.1) is 5.92 Å². The molecule has 0 aliphatic carbocycles. The van der Waals surface area contributed by atoms with E-state index in [2.05, 4.69) is 6.92 Å². The fourth-order valence-corrected chi connectivity index (χ4v) is 3.49. The van der Waals surface area contributed by atoms with Crippen LogP contribution in [0.1, 0.15) is 39.0 Å².